The van der Waals surface area contributed by atoms with Crippen molar-refractivity contribution in [1.29, 1.82) is 0 Å². The molecule has 1 N–H and O–H groups in total. The number of aryl methyl sites for hydroxylation is 1. The first-order valence-electron chi connectivity index (χ1n) is 7.82. The van der Waals surface area contributed by atoms with Gasteiger partial charge in [0.2, 0.25) is 11.8 Å². The van der Waals surface area contributed by atoms with Crippen molar-refractivity contribution >= 4 is 28.3 Å². The highest BCUT2D eigenvalue weighted by atomic mass is 35.5. The van der Waals surface area contributed by atoms with E-state index in [0.717, 1.165) is 12.0 Å². The maximum atomic E-state index is 12.2. The van der Waals surface area contributed by atoms with Crippen LogP contribution in [0.5, 0.6) is 0 Å². The fourth-order valence-electron chi connectivity index (χ4n) is 2.12. The molecule has 1 aromatic heterocycles. The van der Waals surface area contributed by atoms with Gasteiger partial charge in [0.15, 0.2) is 0 Å². The second-order valence-electron chi connectivity index (χ2n) is 5.45. The Balaban J connectivity index is 1.90. The number of nitrogens with zero attached hydrogens (tertiary/aromatic N) is 1. The Morgan fingerprint density at radius 3 is 2.76 bits per heavy atom. The summed E-state index contributed by atoms with van der Waals surface area (Å²) in [4.78, 5) is 16.1. The highest BCUT2D eigenvalue weighted by molar-refractivity contribution is 7.84. The lowest BCUT2D eigenvalue weighted by Gasteiger charge is -2.04. The molecule has 1 heterocycles. The van der Waals surface area contributed by atoms with E-state index in [2.05, 4.69) is 10.3 Å². The number of oxazole rings is 1. The van der Waals surface area contributed by atoms with Crippen LogP contribution in [0, 0.1) is 6.92 Å². The first-order valence-corrected chi connectivity index (χ1v) is 9.69. The Morgan fingerprint density at radius 2 is 2.08 bits per heavy atom. The summed E-state index contributed by atoms with van der Waals surface area (Å²) >= 11 is 5.87. The second kappa shape index (κ2) is 9.70. The zero-order chi connectivity index (χ0) is 18.2. The number of carbonyl (C=O) groups excluding carboxylic acids is 1. The lowest BCUT2D eigenvalue weighted by molar-refractivity contribution is -0.118. The van der Waals surface area contributed by atoms with Crippen molar-refractivity contribution in [2.45, 2.75) is 19.1 Å². The SMILES string of the molecule is COCCCNC(=O)CS(=O)Cc1nc(-c2ccc(Cl)cc2)oc1C. The van der Waals surface area contributed by atoms with Crippen molar-refractivity contribution < 1.29 is 18.2 Å². The molecule has 0 saturated carbocycles. The molecular weight excluding hydrogens is 364 g/mol. The second-order valence-corrected chi connectivity index (χ2v) is 7.35. The van der Waals surface area contributed by atoms with Gasteiger partial charge in [-0.1, -0.05) is 11.6 Å². The van der Waals surface area contributed by atoms with Crippen LogP contribution in [0.4, 0.5) is 0 Å². The third-order valence-electron chi connectivity index (χ3n) is 3.42. The molecule has 1 atom stereocenters. The van der Waals surface area contributed by atoms with Crippen LogP contribution in [0.1, 0.15) is 17.9 Å². The summed E-state index contributed by atoms with van der Waals surface area (Å²) in [6.45, 7) is 2.85. The first-order chi connectivity index (χ1) is 12.0. The summed E-state index contributed by atoms with van der Waals surface area (Å²) < 4.78 is 22.7. The number of aromatic nitrogens is 1. The lowest BCUT2D eigenvalue weighted by Crippen LogP contribution is -2.30. The van der Waals surface area contributed by atoms with Gasteiger partial charge in [0.25, 0.3) is 0 Å². The van der Waals surface area contributed by atoms with Gasteiger partial charge in [-0.05, 0) is 37.6 Å². The van der Waals surface area contributed by atoms with E-state index < -0.39 is 10.8 Å². The predicted octanol–water partition coefficient (Wildman–Crippen LogP) is 2.70. The van der Waals surface area contributed by atoms with Gasteiger partial charge in [-0.2, -0.15) is 0 Å². The van der Waals surface area contributed by atoms with E-state index in [-0.39, 0.29) is 17.4 Å². The number of carbonyl (C=O) groups is 1. The lowest BCUT2D eigenvalue weighted by atomic mass is 10.2. The predicted molar refractivity (Wildman–Crippen MR) is 97.9 cm³/mol. The summed E-state index contributed by atoms with van der Waals surface area (Å²) in [7, 11) is 0.254. The largest absolute Gasteiger partial charge is 0.441 e. The number of ether oxygens (including phenoxy) is 1. The molecule has 0 saturated heterocycles. The first kappa shape index (κ1) is 19.6. The van der Waals surface area contributed by atoms with Gasteiger partial charge in [-0.25, -0.2) is 4.98 Å². The average molecular weight is 385 g/mol. The van der Waals surface area contributed by atoms with Crippen molar-refractivity contribution in [2.24, 2.45) is 0 Å². The van der Waals surface area contributed by atoms with Crippen LogP contribution in [-0.2, 0) is 26.1 Å². The van der Waals surface area contributed by atoms with Crippen LogP contribution in [0.25, 0.3) is 11.5 Å². The van der Waals surface area contributed by atoms with Gasteiger partial charge < -0.3 is 14.5 Å². The number of benzene rings is 1. The number of amides is 1. The molecule has 2 rings (SSSR count). The molecule has 0 aliphatic rings. The Labute approximate surface area is 154 Å². The molecule has 0 radical (unpaired) electrons. The molecule has 0 bridgehead atoms. The minimum atomic E-state index is -1.35. The van der Waals surface area contributed by atoms with Crippen LogP contribution in [0.15, 0.2) is 28.7 Å². The van der Waals surface area contributed by atoms with Crippen molar-refractivity contribution in [2.75, 3.05) is 26.0 Å². The highest BCUT2D eigenvalue weighted by Gasteiger charge is 2.16. The third kappa shape index (κ3) is 6.26. The topological polar surface area (TPSA) is 81.4 Å². The molecule has 0 aliphatic carbocycles. The van der Waals surface area contributed by atoms with Gasteiger partial charge >= 0.3 is 0 Å². The van der Waals surface area contributed by atoms with Gasteiger partial charge in [-0.3, -0.25) is 9.00 Å². The average Bonchev–Trinajstić information content (AvgIpc) is 2.93. The van der Waals surface area contributed by atoms with Crippen molar-refractivity contribution in [3.8, 4) is 11.5 Å². The van der Waals surface area contributed by atoms with Crippen LogP contribution in [-0.4, -0.2) is 41.1 Å². The van der Waals surface area contributed by atoms with Crippen LogP contribution >= 0.6 is 11.6 Å². The number of hydrogen-bond donors (Lipinski definition) is 1. The van der Waals surface area contributed by atoms with Crippen molar-refractivity contribution in [3.05, 3.63) is 40.7 Å². The number of hydrogen-bond acceptors (Lipinski definition) is 5. The fourth-order valence-corrected chi connectivity index (χ4v) is 3.32. The van der Waals surface area contributed by atoms with Gasteiger partial charge in [-0.15, -0.1) is 0 Å². The van der Waals surface area contributed by atoms with E-state index in [1.807, 2.05) is 12.1 Å². The standard InChI is InChI=1S/C17H21ClN2O4S/c1-12-15(10-25(22)11-16(21)19-8-3-9-23-2)20-17(24-12)13-4-6-14(18)7-5-13/h4-7H,3,8-11H2,1-2H3,(H,19,21). The summed E-state index contributed by atoms with van der Waals surface area (Å²) in [6.07, 6.45) is 0.724. The number of rotatable bonds is 9. The molecule has 6 nitrogen and oxygen atoms in total. The van der Waals surface area contributed by atoms with Crippen LogP contribution in [0.2, 0.25) is 5.02 Å². The van der Waals surface area contributed by atoms with Gasteiger partial charge in [0.05, 0.1) is 11.4 Å². The molecule has 2 aromatic rings. The molecule has 25 heavy (non-hydrogen) atoms. The Bertz CT molecular complexity index is 731. The van der Waals surface area contributed by atoms with Crippen LogP contribution < -0.4 is 5.32 Å². The van der Waals surface area contributed by atoms with E-state index in [9.17, 15) is 9.00 Å². The Morgan fingerprint density at radius 1 is 1.36 bits per heavy atom. The molecule has 0 aliphatic heterocycles. The van der Waals surface area contributed by atoms with E-state index in [4.69, 9.17) is 20.8 Å². The molecule has 0 spiro atoms. The Hall–Kier alpha value is -1.70. The van der Waals surface area contributed by atoms with Crippen LogP contribution in [0.3, 0.4) is 0 Å². The number of nitrogens with one attached hydrogen (secondary N) is 1. The van der Waals surface area contributed by atoms with Crippen molar-refractivity contribution in [3.63, 3.8) is 0 Å². The summed E-state index contributed by atoms with van der Waals surface area (Å²) in [5, 5.41) is 3.35. The van der Waals surface area contributed by atoms with E-state index in [0.29, 0.717) is 35.5 Å². The third-order valence-corrected chi connectivity index (χ3v) is 4.85. The molecule has 1 aromatic carbocycles. The molecule has 1 amide bonds. The summed E-state index contributed by atoms with van der Waals surface area (Å²) in [6, 6.07) is 7.12. The summed E-state index contributed by atoms with van der Waals surface area (Å²) in [5.74, 6) is 0.918. The van der Waals surface area contributed by atoms with Gasteiger partial charge in [0.1, 0.15) is 11.5 Å². The monoisotopic (exact) mass is 384 g/mol. The van der Waals surface area contributed by atoms with Gasteiger partial charge in [0, 0.05) is 41.6 Å². The maximum absolute atomic E-state index is 12.2. The fraction of sp³-hybridized carbons (Fsp3) is 0.412. The summed E-state index contributed by atoms with van der Waals surface area (Å²) in [5.41, 5.74) is 1.39. The number of methoxy groups -OCH3 is 1. The molecular formula is C17H21ClN2O4S. The quantitative estimate of drug-likeness (QED) is 0.672. The molecule has 136 valence electrons. The minimum Gasteiger partial charge on any atom is -0.441 e. The number of halogens is 1. The Kier molecular flexibility index (Phi) is 7.61. The molecule has 1 unspecified atom stereocenters. The highest BCUT2D eigenvalue weighted by Crippen LogP contribution is 2.23. The zero-order valence-electron chi connectivity index (χ0n) is 14.2. The molecule has 8 heteroatoms. The maximum Gasteiger partial charge on any atom is 0.232 e. The van der Waals surface area contributed by atoms with E-state index in [1.165, 1.54) is 0 Å². The zero-order valence-corrected chi connectivity index (χ0v) is 15.8. The smallest absolute Gasteiger partial charge is 0.232 e. The molecule has 0 fully saturated rings. The van der Waals surface area contributed by atoms with E-state index in [1.54, 1.807) is 26.2 Å². The van der Waals surface area contributed by atoms with Crippen molar-refractivity contribution in [1.82, 2.24) is 10.3 Å². The van der Waals surface area contributed by atoms with E-state index >= 15 is 0 Å². The normalized spacial score (nSPS) is 12.1. The minimum absolute atomic E-state index is 0.0600.